The van der Waals surface area contributed by atoms with E-state index in [1.807, 2.05) is 0 Å². The van der Waals surface area contributed by atoms with Crippen molar-refractivity contribution in [2.24, 2.45) is 5.92 Å². The Labute approximate surface area is 239 Å². The van der Waals surface area contributed by atoms with Crippen LogP contribution < -0.4 is 11.2 Å². The number of aromatic nitrogens is 2. The molecule has 2 heterocycles. The molecule has 2 fully saturated rings. The third-order valence-electron chi connectivity index (χ3n) is 8.43. The molecule has 1 saturated heterocycles. The highest BCUT2D eigenvalue weighted by Gasteiger charge is 2.44. The quantitative estimate of drug-likeness (QED) is 0.167. The number of hydrogen-bond acceptors (Lipinski definition) is 8. The zero-order valence-electron chi connectivity index (χ0n) is 24.0. The SMILES string of the molecule is C=C(C)[C@H]1CC[C@@](C)(S)[C@H](O[PH](=S)O[C@H]2C[C@H](n3cc(C)c(=O)[nH]c3=O)O[C@@H]2CO[Si](C)(C)C(C)(C)C)C1. The lowest BCUT2D eigenvalue weighted by Gasteiger charge is -2.41. The Hall–Kier alpha value is -0.523. The molecule has 1 aliphatic carbocycles. The number of allylic oxidation sites excluding steroid dienone is 1. The summed E-state index contributed by atoms with van der Waals surface area (Å²) in [6.07, 6.45) is 3.08. The molecule has 0 radical (unpaired) electrons. The van der Waals surface area contributed by atoms with Gasteiger partial charge in [0, 0.05) is 22.9 Å². The highest BCUT2D eigenvalue weighted by molar-refractivity contribution is 8.00. The van der Waals surface area contributed by atoms with Crippen molar-refractivity contribution in [3.05, 3.63) is 44.8 Å². The molecule has 1 N–H and O–H groups in total. The minimum atomic E-state index is -2.10. The first-order valence-corrected chi connectivity index (χ1v) is 19.1. The molecule has 38 heavy (non-hydrogen) atoms. The number of aryl methyl sites for hydroxylation is 1. The largest absolute Gasteiger partial charge is 0.414 e. The van der Waals surface area contributed by atoms with Gasteiger partial charge in [0.25, 0.3) is 5.56 Å². The molecule has 1 unspecified atom stereocenters. The molecule has 7 atom stereocenters. The monoisotopic (exact) mass is 604 g/mol. The number of hydrogen-bond donors (Lipinski definition) is 2. The first-order valence-electron chi connectivity index (χ1n) is 13.3. The van der Waals surface area contributed by atoms with E-state index in [4.69, 9.17) is 42.6 Å². The van der Waals surface area contributed by atoms with Gasteiger partial charge < -0.3 is 18.2 Å². The topological polar surface area (TPSA) is 91.8 Å². The van der Waals surface area contributed by atoms with Gasteiger partial charge >= 0.3 is 5.69 Å². The molecule has 0 bridgehead atoms. The first-order chi connectivity index (χ1) is 17.4. The fraction of sp³-hybridized carbons (Fsp3) is 0.769. The Kier molecular flexibility index (Phi) is 10.2. The summed E-state index contributed by atoms with van der Waals surface area (Å²) in [5.74, 6) is 0.380. The Balaban J connectivity index is 1.78. The van der Waals surface area contributed by atoms with Gasteiger partial charge in [-0.05, 0) is 75.9 Å². The summed E-state index contributed by atoms with van der Waals surface area (Å²) in [5, 5.41) is 0.0300. The predicted octanol–water partition coefficient (Wildman–Crippen LogP) is 5.50. The average molecular weight is 605 g/mol. The second-order valence-corrected chi connectivity index (χ2v) is 20.4. The molecule has 1 aromatic rings. The van der Waals surface area contributed by atoms with E-state index in [2.05, 4.69) is 59.3 Å². The number of rotatable bonds is 9. The maximum atomic E-state index is 12.6. The number of aromatic amines is 1. The van der Waals surface area contributed by atoms with Gasteiger partial charge in [0.1, 0.15) is 12.3 Å². The number of H-pyrrole nitrogens is 1. The van der Waals surface area contributed by atoms with E-state index >= 15 is 0 Å². The highest BCUT2D eigenvalue weighted by Crippen LogP contribution is 2.46. The third-order valence-corrected chi connectivity index (χ3v) is 15.0. The lowest BCUT2D eigenvalue weighted by Crippen LogP contribution is -2.44. The van der Waals surface area contributed by atoms with Crippen molar-refractivity contribution in [1.82, 2.24) is 9.55 Å². The summed E-state index contributed by atoms with van der Waals surface area (Å²) in [4.78, 5) is 26.9. The Morgan fingerprint density at radius 1 is 1.34 bits per heavy atom. The molecule has 3 rings (SSSR count). The molecule has 0 spiro atoms. The number of nitrogens with one attached hydrogen (secondary N) is 1. The number of nitrogens with zero attached hydrogens (tertiary/aromatic N) is 1. The van der Waals surface area contributed by atoms with Crippen LogP contribution in [0.4, 0.5) is 0 Å². The van der Waals surface area contributed by atoms with Crippen LogP contribution in [0.5, 0.6) is 0 Å². The van der Waals surface area contributed by atoms with E-state index in [-0.39, 0.29) is 15.9 Å². The second-order valence-electron chi connectivity index (χ2n) is 12.6. The van der Waals surface area contributed by atoms with E-state index < -0.39 is 45.2 Å². The first kappa shape index (κ1) is 32.0. The Morgan fingerprint density at radius 3 is 2.61 bits per heavy atom. The standard InChI is InChI=1S/C26H45N2O6PS2Si/c1-16(2)18-10-11-26(7,36)21(12-18)34-35(37)33-19-13-22(28-14-17(3)23(29)27-24(28)30)32-20(19)15-31-38(8,9)25(4,5)6/h14,18-22,35-36H,1,10-13,15H2,2-9H3,(H,27,29,30)/t18-,19-,20+,21+,22+,26+/m0/s1. The molecule has 216 valence electrons. The van der Waals surface area contributed by atoms with Crippen molar-refractivity contribution in [2.75, 3.05) is 6.61 Å². The van der Waals surface area contributed by atoms with E-state index in [9.17, 15) is 9.59 Å². The van der Waals surface area contributed by atoms with Crippen LogP contribution in [-0.2, 0) is 30.0 Å². The molecule has 1 aliphatic heterocycles. The molecule has 12 heteroatoms. The summed E-state index contributed by atoms with van der Waals surface area (Å²) < 4.78 is 26.7. The zero-order valence-corrected chi connectivity index (χ0v) is 27.7. The summed E-state index contributed by atoms with van der Waals surface area (Å²) in [5.41, 5.74) is 0.655. The van der Waals surface area contributed by atoms with Crippen LogP contribution in [0, 0.1) is 12.8 Å². The van der Waals surface area contributed by atoms with Crippen LogP contribution in [0.2, 0.25) is 18.1 Å². The van der Waals surface area contributed by atoms with Gasteiger partial charge in [-0.3, -0.25) is 14.3 Å². The number of ether oxygens (including phenoxy) is 1. The summed E-state index contributed by atoms with van der Waals surface area (Å²) in [6.45, 7) is 21.2. The summed E-state index contributed by atoms with van der Waals surface area (Å²) >= 11 is 10.6. The lowest BCUT2D eigenvalue weighted by atomic mass is 9.77. The van der Waals surface area contributed by atoms with E-state index in [1.165, 1.54) is 10.8 Å². The van der Waals surface area contributed by atoms with Crippen LogP contribution >= 0.6 is 19.8 Å². The van der Waals surface area contributed by atoms with Crippen molar-refractivity contribution in [1.29, 1.82) is 0 Å². The highest BCUT2D eigenvalue weighted by atomic mass is 32.4. The molecule has 1 aromatic heterocycles. The Morgan fingerprint density at radius 2 is 2.00 bits per heavy atom. The van der Waals surface area contributed by atoms with Gasteiger partial charge in [0.05, 0.1) is 18.8 Å². The van der Waals surface area contributed by atoms with E-state index in [0.717, 1.165) is 24.8 Å². The molecule has 0 amide bonds. The van der Waals surface area contributed by atoms with Crippen molar-refractivity contribution >= 4 is 39.9 Å². The maximum Gasteiger partial charge on any atom is 0.330 e. The van der Waals surface area contributed by atoms with Crippen LogP contribution in [0.1, 0.15) is 72.1 Å². The van der Waals surface area contributed by atoms with Crippen molar-refractivity contribution in [3.8, 4) is 0 Å². The smallest absolute Gasteiger partial charge is 0.330 e. The van der Waals surface area contributed by atoms with Crippen LogP contribution in [0.25, 0.3) is 0 Å². The minimum absolute atomic E-state index is 0.0300. The van der Waals surface area contributed by atoms with Gasteiger partial charge in [-0.15, -0.1) is 0 Å². The normalized spacial score (nSPS) is 31.3. The molecular formula is C26H45N2O6PS2Si. The van der Waals surface area contributed by atoms with E-state index in [1.54, 1.807) is 6.92 Å². The van der Waals surface area contributed by atoms with Crippen molar-refractivity contribution in [3.63, 3.8) is 0 Å². The molecular weight excluding hydrogens is 559 g/mol. The van der Waals surface area contributed by atoms with Gasteiger partial charge in [-0.1, -0.05) is 32.9 Å². The predicted molar refractivity (Wildman–Crippen MR) is 163 cm³/mol. The van der Waals surface area contributed by atoms with Crippen LogP contribution in [0.3, 0.4) is 0 Å². The molecule has 1 saturated carbocycles. The van der Waals surface area contributed by atoms with Gasteiger partial charge in [0.2, 0.25) is 0 Å². The van der Waals surface area contributed by atoms with Crippen molar-refractivity contribution < 1.29 is 18.2 Å². The van der Waals surface area contributed by atoms with Gasteiger partial charge in [-0.25, -0.2) is 4.79 Å². The Bertz CT molecular complexity index is 1160. The van der Waals surface area contributed by atoms with Crippen LogP contribution in [-0.4, -0.2) is 47.5 Å². The van der Waals surface area contributed by atoms with Crippen molar-refractivity contribution in [2.45, 2.75) is 115 Å². The number of thiol groups is 1. The summed E-state index contributed by atoms with van der Waals surface area (Å²) in [6, 6.07) is 0. The maximum absolute atomic E-state index is 12.6. The molecule has 2 aliphatic rings. The fourth-order valence-electron chi connectivity index (χ4n) is 4.60. The van der Waals surface area contributed by atoms with Gasteiger partial charge in [0.15, 0.2) is 15.5 Å². The van der Waals surface area contributed by atoms with Crippen LogP contribution in [0.15, 0.2) is 27.9 Å². The third kappa shape index (κ3) is 7.60. The minimum Gasteiger partial charge on any atom is -0.414 e. The summed E-state index contributed by atoms with van der Waals surface area (Å²) in [7, 11) is -4.16. The van der Waals surface area contributed by atoms with E-state index in [0.29, 0.717) is 24.5 Å². The average Bonchev–Trinajstić information content (AvgIpc) is 3.17. The molecule has 8 nitrogen and oxygen atoms in total. The molecule has 0 aromatic carbocycles. The zero-order chi connectivity index (χ0) is 28.6. The lowest BCUT2D eigenvalue weighted by molar-refractivity contribution is -0.0401. The van der Waals surface area contributed by atoms with Gasteiger partial charge in [-0.2, -0.15) is 12.6 Å². The fourth-order valence-corrected chi connectivity index (χ4v) is 7.86. The second kappa shape index (κ2) is 12.1.